The Morgan fingerprint density at radius 2 is 1.85 bits per heavy atom. The minimum Gasteiger partial charge on any atom is -0.321 e. The number of benzene rings is 2. The first-order valence-electron chi connectivity index (χ1n) is 8.98. The summed E-state index contributed by atoms with van der Waals surface area (Å²) in [5, 5.41) is 3.21. The lowest BCUT2D eigenvalue weighted by Crippen LogP contribution is -2.41. The van der Waals surface area contributed by atoms with E-state index in [1.807, 2.05) is 19.9 Å². The first-order chi connectivity index (χ1) is 12.8. The molecule has 1 aliphatic heterocycles. The number of piperidine rings is 1. The van der Waals surface area contributed by atoms with Gasteiger partial charge in [0, 0.05) is 18.2 Å². The van der Waals surface area contributed by atoms with Gasteiger partial charge in [0.25, 0.3) is 5.91 Å². The molecule has 0 saturated carbocycles. The number of sulfonamides is 1. The molecule has 1 amide bonds. The summed E-state index contributed by atoms with van der Waals surface area (Å²) in [4.78, 5) is 12.6. The zero-order valence-electron chi connectivity index (χ0n) is 15.4. The Morgan fingerprint density at radius 3 is 2.48 bits per heavy atom. The highest BCUT2D eigenvalue weighted by Crippen LogP contribution is 2.26. The Morgan fingerprint density at radius 1 is 1.15 bits per heavy atom. The number of nitrogens with one attached hydrogen (secondary N) is 1. The van der Waals surface area contributed by atoms with Crippen LogP contribution in [-0.2, 0) is 10.0 Å². The van der Waals surface area contributed by atoms with Crippen molar-refractivity contribution in [3.63, 3.8) is 0 Å². The number of nitrogens with zero attached hydrogens (tertiary/aromatic N) is 1. The number of amides is 1. The van der Waals surface area contributed by atoms with Gasteiger partial charge >= 0.3 is 0 Å². The van der Waals surface area contributed by atoms with E-state index >= 15 is 0 Å². The van der Waals surface area contributed by atoms with Crippen molar-refractivity contribution in [1.29, 1.82) is 0 Å². The normalized spacial score (nSPS) is 18.3. The van der Waals surface area contributed by atoms with Crippen LogP contribution in [-0.4, -0.2) is 31.2 Å². The molecule has 1 atom stereocenters. The molecule has 2 aromatic rings. The molecule has 0 aliphatic carbocycles. The molecule has 3 rings (SSSR count). The third-order valence-electron chi connectivity index (χ3n) is 4.84. The maximum absolute atomic E-state index is 12.9. The van der Waals surface area contributed by atoms with Gasteiger partial charge in [-0.15, -0.1) is 0 Å². The summed E-state index contributed by atoms with van der Waals surface area (Å²) in [7, 11) is -3.54. The average molecular weight is 407 g/mol. The lowest BCUT2D eigenvalue weighted by Gasteiger charge is -2.32. The Labute approximate surface area is 165 Å². The van der Waals surface area contributed by atoms with Gasteiger partial charge < -0.3 is 5.32 Å². The van der Waals surface area contributed by atoms with Crippen molar-refractivity contribution in [3.05, 3.63) is 58.6 Å². The molecule has 0 aromatic heterocycles. The van der Waals surface area contributed by atoms with Crippen LogP contribution >= 0.6 is 11.6 Å². The second kappa shape index (κ2) is 8.00. The van der Waals surface area contributed by atoms with Gasteiger partial charge in [-0.3, -0.25) is 4.79 Å². The molecule has 2 aromatic carbocycles. The third-order valence-corrected chi connectivity index (χ3v) is 7.18. The first kappa shape index (κ1) is 19.9. The van der Waals surface area contributed by atoms with Gasteiger partial charge in [0.2, 0.25) is 10.0 Å². The van der Waals surface area contributed by atoms with Crippen molar-refractivity contribution in [3.8, 4) is 0 Å². The van der Waals surface area contributed by atoms with E-state index < -0.39 is 10.0 Å². The van der Waals surface area contributed by atoms with E-state index in [1.54, 1.807) is 16.4 Å². The maximum atomic E-state index is 12.9. The molecule has 1 unspecified atom stereocenters. The lowest BCUT2D eigenvalue weighted by molar-refractivity contribution is 0.102. The van der Waals surface area contributed by atoms with Crippen LogP contribution in [0.4, 0.5) is 5.69 Å². The van der Waals surface area contributed by atoms with Gasteiger partial charge in [0.05, 0.1) is 15.6 Å². The molecule has 5 nitrogen and oxygen atoms in total. The highest BCUT2D eigenvalue weighted by Gasteiger charge is 2.30. The molecule has 0 radical (unpaired) electrons. The Kier molecular flexibility index (Phi) is 5.89. The number of hydrogen-bond acceptors (Lipinski definition) is 3. The molecule has 1 aliphatic rings. The molecule has 1 N–H and O–H groups in total. The predicted molar refractivity (Wildman–Crippen MR) is 108 cm³/mol. The smallest absolute Gasteiger partial charge is 0.255 e. The zero-order valence-corrected chi connectivity index (χ0v) is 17.0. The lowest BCUT2D eigenvalue weighted by atomic mass is 10.1. The Bertz CT molecular complexity index is 942. The van der Waals surface area contributed by atoms with Gasteiger partial charge in [0.15, 0.2) is 0 Å². The molecule has 1 fully saturated rings. The molecule has 1 saturated heterocycles. The fraction of sp³-hybridized carbons (Fsp3) is 0.350. The molecule has 1 heterocycles. The van der Waals surface area contributed by atoms with Gasteiger partial charge in [0.1, 0.15) is 0 Å². The van der Waals surface area contributed by atoms with Gasteiger partial charge in [-0.25, -0.2) is 8.42 Å². The first-order valence-corrected chi connectivity index (χ1v) is 10.8. The van der Waals surface area contributed by atoms with Crippen molar-refractivity contribution < 1.29 is 13.2 Å². The van der Waals surface area contributed by atoms with Gasteiger partial charge in [-0.05, 0) is 68.7 Å². The summed E-state index contributed by atoms with van der Waals surface area (Å²) in [5.74, 6) is -0.337. The summed E-state index contributed by atoms with van der Waals surface area (Å²) >= 11 is 6.15. The van der Waals surface area contributed by atoms with Crippen LogP contribution in [0.3, 0.4) is 0 Å². The van der Waals surface area contributed by atoms with Crippen LogP contribution in [0.1, 0.15) is 42.1 Å². The minimum atomic E-state index is -3.54. The number of hydrogen-bond donors (Lipinski definition) is 1. The van der Waals surface area contributed by atoms with Gasteiger partial charge in [-0.2, -0.15) is 4.31 Å². The second-order valence-corrected chi connectivity index (χ2v) is 9.22. The number of carbonyl (C=O) groups excluding carboxylic acids is 1. The van der Waals surface area contributed by atoms with Crippen molar-refractivity contribution in [2.75, 3.05) is 11.9 Å². The minimum absolute atomic E-state index is 0.00426. The van der Waals surface area contributed by atoms with Crippen molar-refractivity contribution in [2.45, 2.75) is 44.0 Å². The van der Waals surface area contributed by atoms with Gasteiger partial charge in [-0.1, -0.05) is 24.1 Å². The standard InChI is InChI=1S/C20H23ClN2O3S/c1-14-6-11-19(18(21)13-14)22-20(24)16-7-9-17(10-8-16)27(25,26)23-12-4-3-5-15(23)2/h6-11,13,15H,3-5,12H2,1-2H3,(H,22,24). The zero-order chi connectivity index (χ0) is 19.6. The SMILES string of the molecule is Cc1ccc(NC(=O)c2ccc(S(=O)(=O)N3CCCCC3C)cc2)c(Cl)c1. The largest absolute Gasteiger partial charge is 0.321 e. The number of rotatable bonds is 4. The molecular weight excluding hydrogens is 384 g/mol. The fourth-order valence-corrected chi connectivity index (χ4v) is 5.24. The summed E-state index contributed by atoms with van der Waals surface area (Å²) < 4.78 is 27.3. The molecule has 27 heavy (non-hydrogen) atoms. The van der Waals surface area contributed by atoms with E-state index in [1.165, 1.54) is 24.3 Å². The average Bonchev–Trinajstić information content (AvgIpc) is 2.64. The molecule has 7 heteroatoms. The Balaban J connectivity index is 1.77. The van der Waals surface area contributed by atoms with Crippen LogP contribution in [0.25, 0.3) is 0 Å². The number of anilines is 1. The molecule has 0 bridgehead atoms. The number of aryl methyl sites for hydroxylation is 1. The van der Waals surface area contributed by atoms with E-state index in [0.717, 1.165) is 24.8 Å². The molecule has 144 valence electrons. The highest BCUT2D eigenvalue weighted by molar-refractivity contribution is 7.89. The topological polar surface area (TPSA) is 66.5 Å². The number of halogens is 1. The quantitative estimate of drug-likeness (QED) is 0.814. The van der Waals surface area contributed by atoms with Crippen LogP contribution in [0.15, 0.2) is 47.4 Å². The van der Waals surface area contributed by atoms with E-state index in [9.17, 15) is 13.2 Å². The fourth-order valence-electron chi connectivity index (χ4n) is 3.26. The third kappa shape index (κ3) is 4.34. The van der Waals surface area contributed by atoms with E-state index in [2.05, 4.69) is 5.32 Å². The Hall–Kier alpha value is -1.89. The van der Waals surface area contributed by atoms with Crippen LogP contribution < -0.4 is 5.32 Å². The van der Waals surface area contributed by atoms with E-state index in [0.29, 0.717) is 22.8 Å². The van der Waals surface area contributed by atoms with E-state index in [-0.39, 0.29) is 16.8 Å². The molecule has 0 spiro atoms. The summed E-state index contributed by atoms with van der Waals surface area (Å²) in [6.07, 6.45) is 2.80. The van der Waals surface area contributed by atoms with E-state index in [4.69, 9.17) is 11.6 Å². The van der Waals surface area contributed by atoms with Crippen LogP contribution in [0.2, 0.25) is 5.02 Å². The second-order valence-electron chi connectivity index (χ2n) is 6.92. The van der Waals surface area contributed by atoms with Crippen LogP contribution in [0, 0.1) is 6.92 Å². The van der Waals surface area contributed by atoms with Crippen molar-refractivity contribution in [2.24, 2.45) is 0 Å². The highest BCUT2D eigenvalue weighted by atomic mass is 35.5. The van der Waals surface area contributed by atoms with Crippen LogP contribution in [0.5, 0.6) is 0 Å². The monoisotopic (exact) mass is 406 g/mol. The van der Waals surface area contributed by atoms with Crippen molar-refractivity contribution >= 4 is 33.2 Å². The predicted octanol–water partition coefficient (Wildman–Crippen LogP) is 4.46. The maximum Gasteiger partial charge on any atom is 0.255 e. The number of carbonyl (C=O) groups is 1. The van der Waals surface area contributed by atoms with Crippen molar-refractivity contribution in [1.82, 2.24) is 4.31 Å². The summed E-state index contributed by atoms with van der Waals surface area (Å²) in [6, 6.07) is 11.4. The summed E-state index contributed by atoms with van der Waals surface area (Å²) in [6.45, 7) is 4.39. The molecular formula is C20H23ClN2O3S. The summed E-state index contributed by atoms with van der Waals surface area (Å²) in [5.41, 5.74) is 1.89.